The molecule has 0 atom stereocenters. The predicted octanol–water partition coefficient (Wildman–Crippen LogP) is 3.80. The van der Waals surface area contributed by atoms with Crippen molar-refractivity contribution in [3.63, 3.8) is 0 Å². The average Bonchev–Trinajstić information content (AvgIpc) is 3.24. The summed E-state index contributed by atoms with van der Waals surface area (Å²) in [5, 5.41) is 7.38. The number of nitrogens with one attached hydrogen (secondary N) is 1. The quantitative estimate of drug-likeness (QED) is 0.447. The van der Waals surface area contributed by atoms with E-state index in [2.05, 4.69) is 10.4 Å². The molecule has 0 fully saturated rings. The molecule has 1 N–H and O–H groups in total. The first-order valence-electron chi connectivity index (χ1n) is 10.3. The second-order valence-corrected chi connectivity index (χ2v) is 9.44. The van der Waals surface area contributed by atoms with E-state index in [9.17, 15) is 13.2 Å². The van der Waals surface area contributed by atoms with Gasteiger partial charge in [0.1, 0.15) is 5.69 Å². The Morgan fingerprint density at radius 3 is 2.09 bits per heavy atom. The zero-order valence-electron chi connectivity index (χ0n) is 17.4. The molecule has 0 unspecified atom stereocenters. The molecule has 0 spiro atoms. The van der Waals surface area contributed by atoms with E-state index < -0.39 is 9.84 Å². The van der Waals surface area contributed by atoms with Gasteiger partial charge in [-0.2, -0.15) is 5.10 Å². The van der Waals surface area contributed by atoms with Gasteiger partial charge in [-0.1, -0.05) is 78.9 Å². The molecule has 1 amide bonds. The molecule has 0 aliphatic carbocycles. The summed E-state index contributed by atoms with van der Waals surface area (Å²) in [6, 6.07) is 27.6. The SMILES string of the molecule is O=C(NCCS(=O)(=O)c1ccccc1)c1cn(Cc2ccccc2)nc1-c1ccccc1. The lowest BCUT2D eigenvalue weighted by Crippen LogP contribution is -2.29. The van der Waals surface area contributed by atoms with E-state index in [4.69, 9.17) is 0 Å². The van der Waals surface area contributed by atoms with Crippen molar-refractivity contribution in [2.45, 2.75) is 11.4 Å². The number of nitrogens with zero attached hydrogens (tertiary/aromatic N) is 2. The Morgan fingerprint density at radius 1 is 0.844 bits per heavy atom. The van der Waals surface area contributed by atoms with E-state index in [1.165, 1.54) is 0 Å². The Hall–Kier alpha value is -3.71. The third-order valence-corrected chi connectivity index (χ3v) is 6.73. The van der Waals surface area contributed by atoms with Gasteiger partial charge in [0, 0.05) is 18.3 Å². The number of aromatic nitrogens is 2. The van der Waals surface area contributed by atoms with Crippen molar-refractivity contribution < 1.29 is 13.2 Å². The van der Waals surface area contributed by atoms with Gasteiger partial charge in [-0.25, -0.2) is 8.42 Å². The summed E-state index contributed by atoms with van der Waals surface area (Å²) in [6.45, 7) is 0.532. The van der Waals surface area contributed by atoms with Crippen LogP contribution < -0.4 is 5.32 Å². The zero-order chi connectivity index (χ0) is 22.4. The highest BCUT2D eigenvalue weighted by atomic mass is 32.2. The van der Waals surface area contributed by atoms with Crippen LogP contribution in [0.15, 0.2) is 102 Å². The molecule has 4 aromatic rings. The van der Waals surface area contributed by atoms with Crippen LogP contribution in [0.2, 0.25) is 0 Å². The zero-order valence-corrected chi connectivity index (χ0v) is 18.2. The van der Waals surface area contributed by atoms with E-state index in [1.807, 2.05) is 60.7 Å². The molecular weight excluding hydrogens is 422 g/mol. The third kappa shape index (κ3) is 5.12. The van der Waals surface area contributed by atoms with Crippen LogP contribution in [0.3, 0.4) is 0 Å². The van der Waals surface area contributed by atoms with Crippen molar-refractivity contribution in [2.75, 3.05) is 12.3 Å². The van der Waals surface area contributed by atoms with Gasteiger partial charge >= 0.3 is 0 Å². The molecule has 162 valence electrons. The highest BCUT2D eigenvalue weighted by Gasteiger charge is 2.19. The molecule has 4 rings (SSSR count). The smallest absolute Gasteiger partial charge is 0.255 e. The van der Waals surface area contributed by atoms with Crippen molar-refractivity contribution in [2.24, 2.45) is 0 Å². The number of benzene rings is 3. The summed E-state index contributed by atoms with van der Waals surface area (Å²) in [5.74, 6) is -0.534. The molecular formula is C25H23N3O3S. The number of carbonyl (C=O) groups excluding carboxylic acids is 1. The van der Waals surface area contributed by atoms with Gasteiger partial charge in [0.15, 0.2) is 9.84 Å². The highest BCUT2D eigenvalue weighted by molar-refractivity contribution is 7.91. The van der Waals surface area contributed by atoms with Crippen LogP contribution in [0.5, 0.6) is 0 Å². The van der Waals surface area contributed by atoms with E-state index in [0.717, 1.165) is 11.1 Å². The molecule has 3 aromatic carbocycles. The molecule has 1 aromatic heterocycles. The summed E-state index contributed by atoms with van der Waals surface area (Å²) >= 11 is 0. The number of amides is 1. The summed E-state index contributed by atoms with van der Waals surface area (Å²) in [6.07, 6.45) is 1.70. The van der Waals surface area contributed by atoms with Crippen LogP contribution in [0, 0.1) is 0 Å². The van der Waals surface area contributed by atoms with Gasteiger partial charge < -0.3 is 5.32 Å². The molecule has 0 saturated heterocycles. The predicted molar refractivity (Wildman–Crippen MR) is 124 cm³/mol. The second kappa shape index (κ2) is 9.62. The fourth-order valence-electron chi connectivity index (χ4n) is 3.39. The average molecular weight is 446 g/mol. The minimum Gasteiger partial charge on any atom is -0.351 e. The molecule has 0 saturated carbocycles. The van der Waals surface area contributed by atoms with Crippen LogP contribution in [0.1, 0.15) is 15.9 Å². The van der Waals surface area contributed by atoms with Gasteiger partial charge in [0.2, 0.25) is 0 Å². The molecule has 6 nitrogen and oxygen atoms in total. The summed E-state index contributed by atoms with van der Waals surface area (Å²) < 4.78 is 26.7. The van der Waals surface area contributed by atoms with Gasteiger partial charge in [-0.05, 0) is 17.7 Å². The number of carbonyl (C=O) groups is 1. The largest absolute Gasteiger partial charge is 0.351 e. The topological polar surface area (TPSA) is 81.1 Å². The minimum atomic E-state index is -3.47. The molecule has 0 bridgehead atoms. The Bertz CT molecular complexity index is 1290. The first-order valence-corrected chi connectivity index (χ1v) is 11.9. The van der Waals surface area contributed by atoms with E-state index >= 15 is 0 Å². The van der Waals surface area contributed by atoms with Crippen molar-refractivity contribution in [1.29, 1.82) is 0 Å². The van der Waals surface area contributed by atoms with Crippen molar-refractivity contribution in [3.05, 3.63) is 108 Å². The standard InChI is InChI=1S/C25H23N3O3S/c29-25(26-16-17-32(30,31)22-14-8-3-9-15-22)23-19-28(18-20-10-4-1-5-11-20)27-24(23)21-12-6-2-7-13-21/h1-15,19H,16-18H2,(H,26,29). The highest BCUT2D eigenvalue weighted by Crippen LogP contribution is 2.22. The molecule has 0 radical (unpaired) electrons. The van der Waals surface area contributed by atoms with Gasteiger partial charge in [-0.3, -0.25) is 9.48 Å². The summed E-state index contributed by atoms with van der Waals surface area (Å²) in [5.41, 5.74) is 2.85. The van der Waals surface area contributed by atoms with Gasteiger partial charge in [0.25, 0.3) is 5.91 Å². The third-order valence-electron chi connectivity index (χ3n) is 5.00. The maximum Gasteiger partial charge on any atom is 0.255 e. The van der Waals surface area contributed by atoms with Crippen LogP contribution >= 0.6 is 0 Å². The maximum absolute atomic E-state index is 13.0. The maximum atomic E-state index is 13.0. The van der Waals surface area contributed by atoms with Crippen molar-refractivity contribution >= 4 is 15.7 Å². The van der Waals surface area contributed by atoms with E-state index in [0.29, 0.717) is 17.8 Å². The monoisotopic (exact) mass is 445 g/mol. The lowest BCUT2D eigenvalue weighted by Gasteiger charge is -2.07. The first-order chi connectivity index (χ1) is 15.5. The Morgan fingerprint density at radius 2 is 1.44 bits per heavy atom. The number of sulfone groups is 1. The lowest BCUT2D eigenvalue weighted by atomic mass is 10.1. The van der Waals surface area contributed by atoms with E-state index in [1.54, 1.807) is 41.2 Å². The first kappa shape index (κ1) is 21.5. The molecule has 1 heterocycles. The second-order valence-electron chi connectivity index (χ2n) is 7.33. The van der Waals surface area contributed by atoms with Crippen LogP contribution in [0.4, 0.5) is 0 Å². The van der Waals surface area contributed by atoms with Gasteiger partial charge in [0.05, 0.1) is 22.8 Å². The Balaban J connectivity index is 1.52. The van der Waals surface area contributed by atoms with Crippen LogP contribution in [-0.4, -0.2) is 36.4 Å². The Labute approximate surface area is 187 Å². The van der Waals surface area contributed by atoms with Crippen LogP contribution in [0.25, 0.3) is 11.3 Å². The molecule has 32 heavy (non-hydrogen) atoms. The number of hydrogen-bond donors (Lipinski definition) is 1. The summed E-state index contributed by atoms with van der Waals surface area (Å²) in [7, 11) is -3.47. The van der Waals surface area contributed by atoms with Gasteiger partial charge in [-0.15, -0.1) is 0 Å². The lowest BCUT2D eigenvalue weighted by molar-refractivity contribution is 0.0956. The number of rotatable bonds is 8. The molecule has 7 heteroatoms. The van der Waals surface area contributed by atoms with Crippen molar-refractivity contribution in [1.82, 2.24) is 15.1 Å². The normalized spacial score (nSPS) is 11.2. The fraction of sp³-hybridized carbons (Fsp3) is 0.120. The van der Waals surface area contributed by atoms with E-state index in [-0.39, 0.29) is 23.1 Å². The molecule has 0 aliphatic rings. The Kier molecular flexibility index (Phi) is 6.47. The summed E-state index contributed by atoms with van der Waals surface area (Å²) in [4.78, 5) is 13.2. The fourth-order valence-corrected chi connectivity index (χ4v) is 4.57. The van der Waals surface area contributed by atoms with Crippen LogP contribution in [-0.2, 0) is 16.4 Å². The minimum absolute atomic E-state index is 0.00809. The molecule has 0 aliphatic heterocycles. The van der Waals surface area contributed by atoms with Crippen molar-refractivity contribution in [3.8, 4) is 11.3 Å². The number of hydrogen-bond acceptors (Lipinski definition) is 4.